The summed E-state index contributed by atoms with van der Waals surface area (Å²) in [6.45, 7) is 12.4. The Labute approximate surface area is 352 Å². The first kappa shape index (κ1) is 50.4. The average Bonchev–Trinajstić information content (AvgIpc) is 3.14. The molecule has 0 spiro atoms. The summed E-state index contributed by atoms with van der Waals surface area (Å²) in [5, 5.41) is 8.12. The van der Waals surface area contributed by atoms with E-state index in [0.717, 1.165) is 37.7 Å². The Bertz CT molecular complexity index is 1690. The molecular formula is C44H66N4O10S. The number of likely N-dealkylation sites (N-methyl/N-ethyl adjacent to an activating group) is 1. The molecule has 0 radical (unpaired) electrons. The number of nitrogens with zero attached hydrogens (tertiary/aromatic N) is 1. The first-order valence-corrected chi connectivity index (χ1v) is 22.1. The molecule has 0 heterocycles. The summed E-state index contributed by atoms with van der Waals surface area (Å²) >= 11 is 0. The van der Waals surface area contributed by atoms with Gasteiger partial charge in [-0.2, -0.15) is 0 Å². The highest BCUT2D eigenvalue weighted by Crippen LogP contribution is 2.17. The van der Waals surface area contributed by atoms with Gasteiger partial charge in [-0.05, 0) is 77.6 Å². The van der Waals surface area contributed by atoms with Crippen LogP contribution in [0.5, 0.6) is 5.75 Å². The molecule has 0 aliphatic heterocycles. The Morgan fingerprint density at radius 2 is 1.24 bits per heavy atom. The van der Waals surface area contributed by atoms with E-state index in [0.29, 0.717) is 17.7 Å². The Hall–Kier alpha value is -4.79. The topological polar surface area (TPSA) is 187 Å². The van der Waals surface area contributed by atoms with Crippen LogP contribution in [0.1, 0.15) is 111 Å². The van der Waals surface area contributed by atoms with E-state index in [9.17, 15) is 33.0 Å². The minimum Gasteiger partial charge on any atom is -0.460 e. The summed E-state index contributed by atoms with van der Waals surface area (Å²) in [5.74, 6) is -2.32. The predicted molar refractivity (Wildman–Crippen MR) is 228 cm³/mol. The lowest BCUT2D eigenvalue weighted by Crippen LogP contribution is -2.58. The van der Waals surface area contributed by atoms with Gasteiger partial charge in [0.25, 0.3) is 0 Å². The molecule has 2 aromatic carbocycles. The highest BCUT2D eigenvalue weighted by atomic mass is 32.2. The van der Waals surface area contributed by atoms with Crippen LogP contribution in [0.4, 0.5) is 4.79 Å². The maximum atomic E-state index is 14.0. The molecule has 1 unspecified atom stereocenters. The molecule has 15 heteroatoms. The minimum atomic E-state index is -1.34. The van der Waals surface area contributed by atoms with Crippen LogP contribution in [0.15, 0.2) is 54.6 Å². The molecule has 0 aromatic heterocycles. The fourth-order valence-electron chi connectivity index (χ4n) is 5.82. The van der Waals surface area contributed by atoms with Crippen molar-refractivity contribution in [2.24, 2.45) is 0 Å². The van der Waals surface area contributed by atoms with E-state index in [4.69, 9.17) is 14.2 Å². The zero-order chi connectivity index (χ0) is 44.2. The van der Waals surface area contributed by atoms with Crippen molar-refractivity contribution in [1.82, 2.24) is 20.9 Å². The van der Waals surface area contributed by atoms with Crippen molar-refractivity contribution < 1.29 is 47.2 Å². The van der Waals surface area contributed by atoms with Gasteiger partial charge in [-0.15, -0.1) is 0 Å². The SMILES string of the molecule is CCCCCCCC(=O)Oc1ccc(C[C@H](NC(=O)OC(C)(C)C)C(=O)N[C@H](CCS(C)=O)C(=O)N[C@@H](Cc2ccccc2)C(=O)N(C)CCC(=O)OC(C)(C)C)cc1. The van der Waals surface area contributed by atoms with Crippen LogP contribution >= 0.6 is 0 Å². The van der Waals surface area contributed by atoms with Crippen molar-refractivity contribution >= 4 is 46.6 Å². The third kappa shape index (κ3) is 21.7. The lowest BCUT2D eigenvalue weighted by molar-refractivity contribution is -0.155. The summed E-state index contributed by atoms with van der Waals surface area (Å²) in [7, 11) is 0.181. The van der Waals surface area contributed by atoms with Gasteiger partial charge in [0.15, 0.2) is 0 Å². The second kappa shape index (κ2) is 25.0. The number of hydrogen-bond donors (Lipinski definition) is 3. The van der Waals surface area contributed by atoms with E-state index in [1.165, 1.54) is 18.2 Å². The molecule has 3 N–H and O–H groups in total. The average molecular weight is 843 g/mol. The Morgan fingerprint density at radius 3 is 1.83 bits per heavy atom. The maximum Gasteiger partial charge on any atom is 0.408 e. The van der Waals surface area contributed by atoms with Crippen LogP contribution < -0.4 is 20.7 Å². The number of unbranched alkanes of at least 4 members (excludes halogenated alkanes) is 4. The second-order valence-electron chi connectivity index (χ2n) is 16.7. The molecule has 2 aromatic rings. The van der Waals surface area contributed by atoms with E-state index in [-0.39, 0.29) is 44.0 Å². The molecule has 0 saturated carbocycles. The van der Waals surface area contributed by atoms with Gasteiger partial charge in [0.2, 0.25) is 17.7 Å². The van der Waals surface area contributed by atoms with Crippen molar-refractivity contribution in [1.29, 1.82) is 0 Å². The van der Waals surface area contributed by atoms with Crippen LogP contribution in [0.3, 0.4) is 0 Å². The summed E-state index contributed by atoms with van der Waals surface area (Å²) < 4.78 is 28.5. The van der Waals surface area contributed by atoms with Crippen molar-refractivity contribution in [2.75, 3.05) is 25.6 Å². The van der Waals surface area contributed by atoms with Crippen LogP contribution in [-0.4, -0.2) is 99.8 Å². The van der Waals surface area contributed by atoms with Gasteiger partial charge in [0, 0.05) is 55.7 Å². The standard InChI is InChI=1S/C44H66N4O10S/c1-10-11-12-13-17-20-37(49)56-33-23-21-32(22-24-33)29-35(47-42(54)58-44(5,6)7)40(52)45-34(26-28-59(9)55)39(51)46-36(30-31-18-15-14-16-19-31)41(53)48(8)27-25-38(50)57-43(2,3)4/h14-16,18-19,21-24,34-36H,10-13,17,20,25-30H2,1-9H3,(H,45,52)(H,46,51)(H,47,54)/t34-,35+,36+,59?/m1/s1. The fraction of sp³-hybridized carbons (Fsp3) is 0.591. The van der Waals surface area contributed by atoms with E-state index in [2.05, 4.69) is 22.9 Å². The molecule has 0 bridgehead atoms. The highest BCUT2D eigenvalue weighted by molar-refractivity contribution is 7.84. The molecule has 4 atom stereocenters. The van der Waals surface area contributed by atoms with Gasteiger partial charge >= 0.3 is 18.0 Å². The zero-order valence-corrected chi connectivity index (χ0v) is 37.2. The molecule has 2 rings (SSSR count). The van der Waals surface area contributed by atoms with Crippen LogP contribution in [0, 0.1) is 0 Å². The summed E-state index contributed by atoms with van der Waals surface area (Å²) in [6.07, 6.45) is 5.89. The third-order valence-corrected chi connectivity index (χ3v) is 9.57. The van der Waals surface area contributed by atoms with E-state index in [1.54, 1.807) is 77.9 Å². The molecule has 0 aliphatic carbocycles. The Kier molecular flexibility index (Phi) is 21.3. The molecule has 0 aliphatic rings. The number of carbonyl (C=O) groups excluding carboxylic acids is 6. The minimum absolute atomic E-state index is 0.0255. The highest BCUT2D eigenvalue weighted by Gasteiger charge is 2.32. The number of benzene rings is 2. The smallest absolute Gasteiger partial charge is 0.408 e. The number of hydrogen-bond acceptors (Lipinski definition) is 10. The number of rotatable bonds is 23. The molecule has 4 amide bonds. The molecule has 0 fully saturated rings. The number of alkyl carbamates (subject to hydrolysis) is 1. The van der Waals surface area contributed by atoms with Gasteiger partial charge in [0.1, 0.15) is 35.1 Å². The van der Waals surface area contributed by atoms with Crippen molar-refractivity contribution in [3.63, 3.8) is 0 Å². The quantitative estimate of drug-likeness (QED) is 0.0727. The summed E-state index contributed by atoms with van der Waals surface area (Å²) in [6, 6.07) is 12.0. The molecule has 0 saturated heterocycles. The van der Waals surface area contributed by atoms with E-state index < -0.39 is 69.9 Å². The molecule has 14 nitrogen and oxygen atoms in total. The van der Waals surface area contributed by atoms with Gasteiger partial charge < -0.3 is 35.1 Å². The van der Waals surface area contributed by atoms with Crippen LogP contribution in [-0.2, 0) is 57.1 Å². The zero-order valence-electron chi connectivity index (χ0n) is 36.4. The number of esters is 2. The van der Waals surface area contributed by atoms with Crippen LogP contribution in [0.25, 0.3) is 0 Å². The number of amides is 4. The van der Waals surface area contributed by atoms with Crippen molar-refractivity contribution in [3.05, 3.63) is 65.7 Å². The van der Waals surface area contributed by atoms with Crippen molar-refractivity contribution in [2.45, 2.75) is 142 Å². The fourth-order valence-corrected chi connectivity index (χ4v) is 6.39. The Balaban J connectivity index is 2.31. The largest absolute Gasteiger partial charge is 0.460 e. The number of ether oxygens (including phenoxy) is 3. The van der Waals surface area contributed by atoms with Gasteiger partial charge in [-0.3, -0.25) is 28.2 Å². The van der Waals surface area contributed by atoms with Gasteiger partial charge in [-0.25, -0.2) is 4.79 Å². The third-order valence-electron chi connectivity index (χ3n) is 8.76. The number of nitrogens with one attached hydrogen (secondary N) is 3. The Morgan fingerprint density at radius 1 is 0.678 bits per heavy atom. The lowest BCUT2D eigenvalue weighted by atomic mass is 10.0. The lowest BCUT2D eigenvalue weighted by Gasteiger charge is -2.28. The second-order valence-corrected chi connectivity index (χ2v) is 18.2. The van der Waals surface area contributed by atoms with Crippen molar-refractivity contribution in [3.8, 4) is 5.75 Å². The first-order valence-electron chi connectivity index (χ1n) is 20.4. The van der Waals surface area contributed by atoms with Crippen LogP contribution in [0.2, 0.25) is 0 Å². The monoisotopic (exact) mass is 842 g/mol. The van der Waals surface area contributed by atoms with Gasteiger partial charge in [-0.1, -0.05) is 75.1 Å². The first-order chi connectivity index (χ1) is 27.6. The molecule has 328 valence electrons. The molecular weight excluding hydrogens is 777 g/mol. The number of carbonyl (C=O) groups is 6. The normalized spacial score (nSPS) is 13.5. The van der Waals surface area contributed by atoms with E-state index >= 15 is 0 Å². The maximum absolute atomic E-state index is 14.0. The summed E-state index contributed by atoms with van der Waals surface area (Å²) in [4.78, 5) is 81.0. The van der Waals surface area contributed by atoms with E-state index in [1.807, 2.05) is 18.2 Å². The predicted octanol–water partition coefficient (Wildman–Crippen LogP) is 5.56. The van der Waals surface area contributed by atoms with Gasteiger partial charge in [0.05, 0.1) is 6.42 Å². The summed E-state index contributed by atoms with van der Waals surface area (Å²) in [5.41, 5.74) is -0.202. The molecule has 59 heavy (non-hydrogen) atoms.